The zero-order valence-corrected chi connectivity index (χ0v) is 20.2. The molecule has 0 aromatic heterocycles. The number of hydrogen-bond donors (Lipinski definition) is 2. The van der Waals surface area contributed by atoms with Crippen LogP contribution in [0.5, 0.6) is 5.75 Å². The van der Waals surface area contributed by atoms with Gasteiger partial charge in [0.05, 0.1) is 12.7 Å². The first-order chi connectivity index (χ1) is 16.9. The lowest BCUT2D eigenvalue weighted by Crippen LogP contribution is -2.20. The van der Waals surface area contributed by atoms with Gasteiger partial charge in [-0.05, 0) is 60.7 Å². The summed E-state index contributed by atoms with van der Waals surface area (Å²) in [5.41, 5.74) is 1.61. The van der Waals surface area contributed by atoms with Crippen molar-refractivity contribution >= 4 is 51.2 Å². The zero-order valence-electron chi connectivity index (χ0n) is 18.6. The first kappa shape index (κ1) is 25.2. The third-order valence-corrected chi connectivity index (χ3v) is 5.11. The number of nitriles is 1. The summed E-state index contributed by atoms with van der Waals surface area (Å²) in [6.07, 6.45) is 1.37. The minimum atomic E-state index is -0.647. The molecule has 0 atom stereocenters. The normalized spacial score (nSPS) is 10.6. The second kappa shape index (κ2) is 12.2. The molecule has 0 aliphatic rings. The van der Waals surface area contributed by atoms with E-state index in [1.165, 1.54) is 37.5 Å². The van der Waals surface area contributed by atoms with Crippen LogP contribution in [-0.4, -0.2) is 31.5 Å². The maximum Gasteiger partial charge on any atom is 0.337 e. The van der Waals surface area contributed by atoms with Crippen LogP contribution in [0.1, 0.15) is 15.9 Å². The van der Waals surface area contributed by atoms with Crippen molar-refractivity contribution in [2.24, 2.45) is 0 Å². The molecule has 8 nitrogen and oxygen atoms in total. The maximum absolute atomic E-state index is 12.7. The fourth-order valence-corrected chi connectivity index (χ4v) is 3.31. The number of anilines is 2. The highest BCUT2D eigenvalue weighted by atomic mass is 79.9. The Labute approximate surface area is 210 Å². The Balaban J connectivity index is 1.73. The lowest BCUT2D eigenvalue weighted by Gasteiger charge is -2.11. The number of benzene rings is 3. The molecule has 3 rings (SSSR count). The van der Waals surface area contributed by atoms with Gasteiger partial charge in [0.15, 0.2) is 6.61 Å². The number of halogens is 1. The van der Waals surface area contributed by atoms with E-state index in [4.69, 9.17) is 4.74 Å². The number of esters is 1. The Morgan fingerprint density at radius 3 is 2.31 bits per heavy atom. The predicted octanol–water partition coefficient (Wildman–Crippen LogP) is 4.80. The molecular formula is C26H20BrN3O5. The molecule has 0 saturated heterocycles. The van der Waals surface area contributed by atoms with E-state index in [2.05, 4.69) is 31.3 Å². The number of methoxy groups -OCH3 is 1. The predicted molar refractivity (Wildman–Crippen MR) is 135 cm³/mol. The van der Waals surface area contributed by atoms with Crippen LogP contribution in [0.3, 0.4) is 0 Å². The van der Waals surface area contributed by atoms with Crippen LogP contribution in [0, 0.1) is 11.3 Å². The highest BCUT2D eigenvalue weighted by molar-refractivity contribution is 9.10. The maximum atomic E-state index is 12.7. The molecule has 9 heteroatoms. The van der Waals surface area contributed by atoms with Gasteiger partial charge in [-0.3, -0.25) is 9.59 Å². The van der Waals surface area contributed by atoms with Gasteiger partial charge in [-0.2, -0.15) is 5.26 Å². The fourth-order valence-electron chi connectivity index (χ4n) is 2.94. The SMILES string of the molecule is COC(=O)c1ccc(NC(=O)/C(C#N)=C/c2cc(Br)ccc2OCC(=O)Nc2ccccc2)cc1. The summed E-state index contributed by atoms with van der Waals surface area (Å²) in [5.74, 6) is -1.19. The topological polar surface area (TPSA) is 118 Å². The first-order valence-corrected chi connectivity index (χ1v) is 11.1. The molecule has 2 N–H and O–H groups in total. The van der Waals surface area contributed by atoms with Crippen molar-refractivity contribution in [3.63, 3.8) is 0 Å². The fraction of sp³-hybridized carbons (Fsp3) is 0.0769. The molecule has 0 aliphatic heterocycles. The number of para-hydroxylation sites is 1. The van der Waals surface area contributed by atoms with Crippen molar-refractivity contribution in [2.45, 2.75) is 0 Å². The monoisotopic (exact) mass is 533 g/mol. The summed E-state index contributed by atoms with van der Waals surface area (Å²) in [6, 6.07) is 21.9. The van der Waals surface area contributed by atoms with Crippen LogP contribution in [0.15, 0.2) is 82.8 Å². The van der Waals surface area contributed by atoms with E-state index in [1.54, 1.807) is 42.5 Å². The molecule has 0 spiro atoms. The van der Waals surface area contributed by atoms with Crippen LogP contribution in [0.4, 0.5) is 11.4 Å². The van der Waals surface area contributed by atoms with Gasteiger partial charge < -0.3 is 20.1 Å². The van der Waals surface area contributed by atoms with Crippen molar-refractivity contribution in [3.05, 3.63) is 94.0 Å². The summed E-state index contributed by atoms with van der Waals surface area (Å²) in [6.45, 7) is -0.266. The molecule has 0 bridgehead atoms. The number of carbonyl (C=O) groups is 3. The molecule has 0 saturated carbocycles. The number of ether oxygens (including phenoxy) is 2. The average molecular weight is 534 g/mol. The van der Waals surface area contributed by atoms with Crippen LogP contribution in [0.25, 0.3) is 6.08 Å². The molecule has 35 heavy (non-hydrogen) atoms. The number of nitrogens with one attached hydrogen (secondary N) is 2. The summed E-state index contributed by atoms with van der Waals surface area (Å²) in [4.78, 5) is 36.5. The second-order valence-corrected chi connectivity index (χ2v) is 7.99. The quantitative estimate of drug-likeness (QED) is 0.244. The lowest BCUT2D eigenvalue weighted by molar-refractivity contribution is -0.118. The van der Waals surface area contributed by atoms with Crippen molar-refractivity contribution in [3.8, 4) is 11.8 Å². The van der Waals surface area contributed by atoms with Crippen LogP contribution < -0.4 is 15.4 Å². The van der Waals surface area contributed by atoms with Gasteiger partial charge in [-0.25, -0.2) is 4.79 Å². The highest BCUT2D eigenvalue weighted by Crippen LogP contribution is 2.26. The molecule has 2 amide bonds. The van der Waals surface area contributed by atoms with Gasteiger partial charge in [-0.1, -0.05) is 34.1 Å². The summed E-state index contributed by atoms with van der Waals surface area (Å²) < 4.78 is 11.0. The van der Waals surface area contributed by atoms with E-state index in [1.807, 2.05) is 12.1 Å². The Kier molecular flexibility index (Phi) is 8.76. The van der Waals surface area contributed by atoms with E-state index in [9.17, 15) is 19.6 Å². The van der Waals surface area contributed by atoms with E-state index >= 15 is 0 Å². The number of nitrogens with zero attached hydrogens (tertiary/aromatic N) is 1. The lowest BCUT2D eigenvalue weighted by atomic mass is 10.1. The van der Waals surface area contributed by atoms with Crippen molar-refractivity contribution in [2.75, 3.05) is 24.4 Å². The van der Waals surface area contributed by atoms with E-state index < -0.39 is 11.9 Å². The molecule has 3 aromatic rings. The standard InChI is InChI=1S/C26H20BrN3O5/c1-34-26(33)17-7-10-22(11-8-17)30-25(32)19(15-28)13-18-14-20(27)9-12-23(18)35-16-24(31)29-21-5-3-2-4-6-21/h2-14H,16H2,1H3,(H,29,31)(H,30,32)/b19-13+. The molecule has 3 aromatic carbocycles. The third kappa shape index (κ3) is 7.28. The minimum Gasteiger partial charge on any atom is -0.483 e. The first-order valence-electron chi connectivity index (χ1n) is 10.3. The number of carbonyl (C=O) groups excluding carboxylic acids is 3. The zero-order chi connectivity index (χ0) is 25.2. The molecule has 0 heterocycles. The van der Waals surface area contributed by atoms with Gasteiger partial charge in [0.25, 0.3) is 11.8 Å². The molecule has 176 valence electrons. The Bertz CT molecular complexity index is 1300. The van der Waals surface area contributed by atoms with Crippen molar-refractivity contribution in [1.82, 2.24) is 0 Å². The van der Waals surface area contributed by atoms with Crippen LogP contribution in [0.2, 0.25) is 0 Å². The number of rotatable bonds is 8. The van der Waals surface area contributed by atoms with Gasteiger partial charge in [-0.15, -0.1) is 0 Å². The van der Waals surface area contributed by atoms with E-state index in [-0.39, 0.29) is 18.1 Å². The van der Waals surface area contributed by atoms with Gasteiger partial charge >= 0.3 is 5.97 Å². The molecule has 0 aliphatic carbocycles. The highest BCUT2D eigenvalue weighted by Gasteiger charge is 2.14. The van der Waals surface area contributed by atoms with Crippen LogP contribution in [-0.2, 0) is 14.3 Å². The third-order valence-electron chi connectivity index (χ3n) is 4.62. The van der Waals surface area contributed by atoms with Gasteiger partial charge in [0, 0.05) is 21.4 Å². The average Bonchev–Trinajstić information content (AvgIpc) is 2.87. The summed E-state index contributed by atoms with van der Waals surface area (Å²) >= 11 is 3.36. The molecule has 0 unspecified atom stereocenters. The van der Waals surface area contributed by atoms with E-state index in [0.29, 0.717) is 32.7 Å². The minimum absolute atomic E-state index is 0.182. The van der Waals surface area contributed by atoms with E-state index in [0.717, 1.165) is 0 Å². The summed E-state index contributed by atoms with van der Waals surface area (Å²) in [7, 11) is 1.28. The second-order valence-electron chi connectivity index (χ2n) is 7.08. The van der Waals surface area contributed by atoms with Crippen molar-refractivity contribution < 1.29 is 23.9 Å². The Morgan fingerprint density at radius 1 is 0.971 bits per heavy atom. The largest absolute Gasteiger partial charge is 0.483 e. The van der Waals surface area contributed by atoms with Gasteiger partial charge in [0.1, 0.15) is 17.4 Å². The van der Waals surface area contributed by atoms with Crippen LogP contribution >= 0.6 is 15.9 Å². The summed E-state index contributed by atoms with van der Waals surface area (Å²) in [5, 5.41) is 14.9. The smallest absolute Gasteiger partial charge is 0.337 e. The Morgan fingerprint density at radius 2 is 1.66 bits per heavy atom. The van der Waals surface area contributed by atoms with Gasteiger partial charge in [0.2, 0.25) is 0 Å². The number of hydrogen-bond acceptors (Lipinski definition) is 6. The van der Waals surface area contributed by atoms with Crippen molar-refractivity contribution in [1.29, 1.82) is 5.26 Å². The molecular weight excluding hydrogens is 514 g/mol. The number of amides is 2. The Hall–Kier alpha value is -4.42. The molecule has 0 fully saturated rings. The molecule has 0 radical (unpaired) electrons.